The molecule has 11 heteroatoms. The third-order valence-electron chi connectivity index (χ3n) is 4.20. The van der Waals surface area contributed by atoms with Gasteiger partial charge in [-0.3, -0.25) is 9.59 Å². The maximum atomic E-state index is 12.4. The number of carbonyl (C=O) groups excluding carboxylic acids is 2. The van der Waals surface area contributed by atoms with E-state index in [4.69, 9.17) is 29.8 Å². The highest BCUT2D eigenvalue weighted by Crippen LogP contribution is 2.18. The van der Waals surface area contributed by atoms with Gasteiger partial charge in [0.2, 0.25) is 5.91 Å². The van der Waals surface area contributed by atoms with E-state index in [2.05, 4.69) is 5.32 Å². The van der Waals surface area contributed by atoms with Crippen molar-refractivity contribution in [1.29, 1.82) is 0 Å². The molecule has 0 bridgehead atoms. The van der Waals surface area contributed by atoms with Crippen molar-refractivity contribution in [2.75, 3.05) is 52.7 Å². The molecule has 0 rings (SSSR count). The fourth-order valence-corrected chi connectivity index (χ4v) is 2.48. The Morgan fingerprint density at radius 2 is 1.42 bits per heavy atom. The molecule has 0 aliphatic carbocycles. The van der Waals surface area contributed by atoms with Gasteiger partial charge in [-0.1, -0.05) is 0 Å². The molecule has 4 N–H and O–H groups in total. The number of nitrogens with one attached hydrogen (secondary N) is 1. The van der Waals surface area contributed by atoms with Crippen LogP contribution in [0.5, 0.6) is 0 Å². The Balaban J connectivity index is 3.74. The van der Waals surface area contributed by atoms with Gasteiger partial charge < -0.3 is 40.0 Å². The summed E-state index contributed by atoms with van der Waals surface area (Å²) in [7, 11) is 0. The molecule has 0 spiro atoms. The van der Waals surface area contributed by atoms with Crippen molar-refractivity contribution in [3.05, 3.63) is 0 Å². The summed E-state index contributed by atoms with van der Waals surface area (Å²) in [6.45, 7) is 14.3. The molecule has 0 radical (unpaired) electrons. The predicted octanol–water partition coefficient (Wildman–Crippen LogP) is 1.38. The van der Waals surface area contributed by atoms with Gasteiger partial charge in [0, 0.05) is 25.0 Å². The standard InChI is InChI=1S/C22H43N3O8/c1-21(2,3)25(20(29)33-22(4,5)6)10-12-31-14-16-32-15-13-30-11-9-24-18(26)8-7-17(23)19(27)28/h17H,7-16,23H2,1-6H3,(H,24,26)(H,27,28). The number of nitrogens with two attached hydrogens (primary N) is 1. The van der Waals surface area contributed by atoms with Crippen molar-refractivity contribution in [2.24, 2.45) is 5.73 Å². The molecule has 0 aromatic heterocycles. The Morgan fingerprint density at radius 3 is 1.91 bits per heavy atom. The van der Waals surface area contributed by atoms with Crippen LogP contribution >= 0.6 is 0 Å². The second-order valence-corrected chi connectivity index (χ2v) is 9.47. The Morgan fingerprint density at radius 1 is 0.909 bits per heavy atom. The summed E-state index contributed by atoms with van der Waals surface area (Å²) in [6.07, 6.45) is -0.221. The van der Waals surface area contributed by atoms with E-state index in [-0.39, 0.29) is 30.4 Å². The van der Waals surface area contributed by atoms with Crippen LogP contribution in [-0.4, -0.2) is 97.9 Å². The second-order valence-electron chi connectivity index (χ2n) is 9.47. The van der Waals surface area contributed by atoms with Crippen LogP contribution < -0.4 is 11.1 Å². The fraction of sp³-hybridized carbons (Fsp3) is 0.864. The van der Waals surface area contributed by atoms with Gasteiger partial charge >= 0.3 is 12.1 Å². The minimum absolute atomic E-state index is 0.0574. The molecule has 0 heterocycles. The van der Waals surface area contributed by atoms with Crippen molar-refractivity contribution in [3.8, 4) is 0 Å². The van der Waals surface area contributed by atoms with Gasteiger partial charge in [0.05, 0.1) is 39.6 Å². The quantitative estimate of drug-likeness (QED) is 0.280. The molecule has 0 aromatic rings. The summed E-state index contributed by atoms with van der Waals surface area (Å²) >= 11 is 0. The zero-order valence-electron chi connectivity index (χ0n) is 21.0. The molecule has 0 aliphatic heterocycles. The highest BCUT2D eigenvalue weighted by Gasteiger charge is 2.30. The van der Waals surface area contributed by atoms with Crippen LogP contribution in [0.3, 0.4) is 0 Å². The third kappa shape index (κ3) is 17.2. The molecule has 0 saturated carbocycles. The summed E-state index contributed by atoms with van der Waals surface area (Å²) in [6, 6.07) is -1.03. The molecule has 2 amide bonds. The highest BCUT2D eigenvalue weighted by molar-refractivity contribution is 5.78. The second kappa shape index (κ2) is 15.8. The van der Waals surface area contributed by atoms with Gasteiger partial charge in [0.15, 0.2) is 0 Å². The first-order valence-corrected chi connectivity index (χ1v) is 11.2. The zero-order valence-corrected chi connectivity index (χ0v) is 21.0. The minimum Gasteiger partial charge on any atom is -0.480 e. The van der Waals surface area contributed by atoms with E-state index >= 15 is 0 Å². The van der Waals surface area contributed by atoms with E-state index in [0.717, 1.165) is 0 Å². The molecule has 11 nitrogen and oxygen atoms in total. The first kappa shape index (κ1) is 31.0. The maximum absolute atomic E-state index is 12.4. The van der Waals surface area contributed by atoms with Gasteiger partial charge in [0.1, 0.15) is 11.6 Å². The average Bonchev–Trinajstić information content (AvgIpc) is 2.66. The Labute approximate surface area is 197 Å². The lowest BCUT2D eigenvalue weighted by atomic mass is 10.1. The van der Waals surface area contributed by atoms with Crippen LogP contribution in [0.15, 0.2) is 0 Å². The highest BCUT2D eigenvalue weighted by atomic mass is 16.6. The summed E-state index contributed by atoms with van der Waals surface area (Å²) in [5.74, 6) is -1.38. The smallest absolute Gasteiger partial charge is 0.410 e. The molecule has 1 atom stereocenters. The van der Waals surface area contributed by atoms with Crippen LogP contribution in [0, 0.1) is 0 Å². The van der Waals surface area contributed by atoms with Crippen LogP contribution in [0.1, 0.15) is 54.4 Å². The largest absolute Gasteiger partial charge is 0.480 e. The molecule has 33 heavy (non-hydrogen) atoms. The van der Waals surface area contributed by atoms with E-state index in [1.807, 2.05) is 41.5 Å². The summed E-state index contributed by atoms with van der Waals surface area (Å²) in [4.78, 5) is 36.2. The molecular weight excluding hydrogens is 434 g/mol. The topological polar surface area (TPSA) is 150 Å². The number of rotatable bonds is 16. The summed E-state index contributed by atoms with van der Waals surface area (Å²) < 4.78 is 21.8. The molecular formula is C22H43N3O8. The van der Waals surface area contributed by atoms with E-state index < -0.39 is 17.6 Å². The lowest BCUT2D eigenvalue weighted by molar-refractivity contribution is -0.138. The molecule has 0 fully saturated rings. The number of nitrogens with zero attached hydrogens (tertiary/aromatic N) is 1. The molecule has 194 valence electrons. The van der Waals surface area contributed by atoms with E-state index in [9.17, 15) is 14.4 Å². The summed E-state index contributed by atoms with van der Waals surface area (Å²) in [5, 5.41) is 11.3. The summed E-state index contributed by atoms with van der Waals surface area (Å²) in [5.41, 5.74) is 4.40. The van der Waals surface area contributed by atoms with Crippen molar-refractivity contribution in [1.82, 2.24) is 10.2 Å². The number of hydrogen-bond donors (Lipinski definition) is 3. The molecule has 0 aromatic carbocycles. The van der Waals surface area contributed by atoms with Crippen LogP contribution in [-0.2, 0) is 28.5 Å². The first-order valence-electron chi connectivity index (χ1n) is 11.2. The lowest BCUT2D eigenvalue weighted by Gasteiger charge is -2.36. The maximum Gasteiger partial charge on any atom is 0.410 e. The van der Waals surface area contributed by atoms with Gasteiger partial charge in [-0.2, -0.15) is 0 Å². The minimum atomic E-state index is -1.12. The van der Waals surface area contributed by atoms with E-state index in [0.29, 0.717) is 52.7 Å². The normalized spacial score (nSPS) is 12.8. The van der Waals surface area contributed by atoms with Crippen LogP contribution in [0.4, 0.5) is 4.79 Å². The van der Waals surface area contributed by atoms with Crippen molar-refractivity contribution >= 4 is 18.0 Å². The number of carboxylic acids is 1. The van der Waals surface area contributed by atoms with E-state index in [1.165, 1.54) is 0 Å². The molecule has 0 saturated heterocycles. The first-order chi connectivity index (χ1) is 15.2. The predicted molar refractivity (Wildman–Crippen MR) is 123 cm³/mol. The van der Waals surface area contributed by atoms with Crippen molar-refractivity contribution in [2.45, 2.75) is 71.6 Å². The lowest BCUT2D eigenvalue weighted by Crippen LogP contribution is -2.49. The number of amides is 2. The van der Waals surface area contributed by atoms with Gasteiger partial charge in [0.25, 0.3) is 0 Å². The van der Waals surface area contributed by atoms with Gasteiger partial charge in [-0.25, -0.2) is 4.79 Å². The van der Waals surface area contributed by atoms with Gasteiger partial charge in [-0.15, -0.1) is 0 Å². The van der Waals surface area contributed by atoms with E-state index in [1.54, 1.807) is 4.90 Å². The number of carboxylic acid groups (broad SMARTS) is 1. The molecule has 0 aliphatic rings. The third-order valence-corrected chi connectivity index (χ3v) is 4.20. The monoisotopic (exact) mass is 477 g/mol. The number of carbonyl (C=O) groups is 3. The van der Waals surface area contributed by atoms with Gasteiger partial charge in [-0.05, 0) is 48.0 Å². The van der Waals surface area contributed by atoms with Crippen LogP contribution in [0.2, 0.25) is 0 Å². The molecule has 1 unspecified atom stereocenters. The Kier molecular flexibility index (Phi) is 14.9. The Hall–Kier alpha value is -1.95. The fourth-order valence-electron chi connectivity index (χ4n) is 2.48. The Bertz CT molecular complexity index is 587. The van der Waals surface area contributed by atoms with Crippen molar-refractivity contribution < 1.29 is 38.4 Å². The SMILES string of the molecule is CC(C)(C)OC(=O)N(CCOCCOCCOCCNC(=O)CCC(N)C(=O)O)C(C)(C)C. The number of hydrogen-bond acceptors (Lipinski definition) is 8. The van der Waals surface area contributed by atoms with Crippen molar-refractivity contribution in [3.63, 3.8) is 0 Å². The zero-order chi connectivity index (χ0) is 25.5. The van der Waals surface area contributed by atoms with Crippen LogP contribution in [0.25, 0.3) is 0 Å². The number of aliphatic carboxylic acids is 1. The average molecular weight is 478 g/mol. The number of ether oxygens (including phenoxy) is 4.